The zero-order valence-corrected chi connectivity index (χ0v) is 14.6. The summed E-state index contributed by atoms with van der Waals surface area (Å²) in [5.74, 6) is 0.588. The summed E-state index contributed by atoms with van der Waals surface area (Å²) >= 11 is 0. The number of unbranched alkanes of at least 4 members (excludes halogenated alkanes) is 1. The fourth-order valence-corrected chi connectivity index (χ4v) is 3.32. The van der Waals surface area contributed by atoms with Crippen LogP contribution in [0.4, 0.5) is 0 Å². The van der Waals surface area contributed by atoms with Crippen molar-refractivity contribution in [2.24, 2.45) is 11.7 Å². The van der Waals surface area contributed by atoms with E-state index in [0.717, 1.165) is 6.42 Å². The minimum Gasteiger partial charge on any atom is -0.352 e. The van der Waals surface area contributed by atoms with Crippen molar-refractivity contribution in [1.82, 2.24) is 10.2 Å². The molecule has 0 aromatic heterocycles. The molecule has 0 aromatic carbocycles. The Balaban J connectivity index is 2.66. The number of nitrogens with two attached hydrogens (primary N) is 1. The van der Waals surface area contributed by atoms with Crippen molar-refractivity contribution in [3.8, 4) is 0 Å². The molecule has 0 heterocycles. The summed E-state index contributed by atoms with van der Waals surface area (Å²) in [6.07, 6.45) is 7.11. The van der Waals surface area contributed by atoms with Crippen molar-refractivity contribution in [1.29, 1.82) is 0 Å². The van der Waals surface area contributed by atoms with E-state index in [-0.39, 0.29) is 5.91 Å². The third-order valence-corrected chi connectivity index (χ3v) is 5.01. The van der Waals surface area contributed by atoms with E-state index in [1.165, 1.54) is 32.1 Å². The molecule has 1 rings (SSSR count). The number of carbonyl (C=O) groups excluding carboxylic acids is 1. The highest BCUT2D eigenvalue weighted by Gasteiger charge is 2.33. The van der Waals surface area contributed by atoms with Gasteiger partial charge < -0.3 is 16.0 Å². The fraction of sp³-hybridized carbons (Fsp3) is 0.941. The summed E-state index contributed by atoms with van der Waals surface area (Å²) in [5.41, 5.74) is 5.69. The van der Waals surface area contributed by atoms with E-state index in [1.54, 1.807) is 6.92 Å². The maximum Gasteiger partial charge on any atom is 0.236 e. The first-order chi connectivity index (χ1) is 9.86. The van der Waals surface area contributed by atoms with Crippen molar-refractivity contribution < 1.29 is 4.79 Å². The normalized spacial score (nSPS) is 27.9. The summed E-state index contributed by atoms with van der Waals surface area (Å²) in [7, 11) is 2.23. The second-order valence-corrected chi connectivity index (χ2v) is 7.03. The van der Waals surface area contributed by atoms with Crippen LogP contribution in [-0.4, -0.2) is 42.0 Å². The van der Waals surface area contributed by atoms with Gasteiger partial charge in [-0.05, 0) is 59.4 Å². The average Bonchev–Trinajstić information content (AvgIpc) is 2.44. The first kappa shape index (κ1) is 18.4. The number of nitrogens with one attached hydrogen (secondary N) is 1. The summed E-state index contributed by atoms with van der Waals surface area (Å²) in [5, 5.41) is 3.18. The van der Waals surface area contributed by atoms with Crippen LogP contribution in [0.5, 0.6) is 0 Å². The molecule has 0 spiro atoms. The van der Waals surface area contributed by atoms with Crippen LogP contribution >= 0.6 is 0 Å². The van der Waals surface area contributed by atoms with Crippen molar-refractivity contribution in [2.75, 3.05) is 7.05 Å². The molecule has 3 N–H and O–H groups in total. The topological polar surface area (TPSA) is 58.4 Å². The Morgan fingerprint density at radius 3 is 2.52 bits per heavy atom. The van der Waals surface area contributed by atoms with Gasteiger partial charge in [0, 0.05) is 18.1 Å². The highest BCUT2D eigenvalue weighted by atomic mass is 16.2. The summed E-state index contributed by atoms with van der Waals surface area (Å²) in [6, 6.07) is 1.13. The molecule has 0 radical (unpaired) electrons. The number of nitrogens with zero attached hydrogens (tertiary/aromatic N) is 1. The summed E-state index contributed by atoms with van der Waals surface area (Å²) in [4.78, 5) is 14.4. The average molecular weight is 297 g/mol. The van der Waals surface area contributed by atoms with E-state index >= 15 is 0 Å². The molecule has 1 unspecified atom stereocenters. The lowest BCUT2D eigenvalue weighted by atomic mass is 9.78. The molecule has 1 aliphatic rings. The van der Waals surface area contributed by atoms with E-state index in [2.05, 4.69) is 38.0 Å². The lowest BCUT2D eigenvalue weighted by Crippen LogP contribution is -2.52. The van der Waals surface area contributed by atoms with Crippen LogP contribution in [0.15, 0.2) is 0 Å². The van der Waals surface area contributed by atoms with Crippen molar-refractivity contribution >= 4 is 5.91 Å². The van der Waals surface area contributed by atoms with Gasteiger partial charge in [0.05, 0.1) is 6.04 Å². The smallest absolute Gasteiger partial charge is 0.236 e. The SMILES string of the molecule is CCCC[C@@H]1C[C@H](N(C)C(C)C)CC[C@@H]1NC(=O)C(C)N. The molecule has 4 atom stereocenters. The van der Waals surface area contributed by atoms with E-state index in [4.69, 9.17) is 5.73 Å². The third-order valence-electron chi connectivity index (χ3n) is 5.01. The van der Waals surface area contributed by atoms with Gasteiger partial charge in [0.15, 0.2) is 0 Å². The predicted molar refractivity (Wildman–Crippen MR) is 89.1 cm³/mol. The van der Waals surface area contributed by atoms with Crippen LogP contribution in [0.1, 0.15) is 66.2 Å². The zero-order chi connectivity index (χ0) is 16.0. The molecule has 0 aliphatic heterocycles. The zero-order valence-electron chi connectivity index (χ0n) is 14.6. The minimum atomic E-state index is -0.409. The van der Waals surface area contributed by atoms with Gasteiger partial charge in [-0.2, -0.15) is 0 Å². The Morgan fingerprint density at radius 2 is 2.00 bits per heavy atom. The van der Waals surface area contributed by atoms with Crippen LogP contribution in [-0.2, 0) is 4.79 Å². The number of amides is 1. The third kappa shape index (κ3) is 5.59. The molecule has 1 saturated carbocycles. The van der Waals surface area contributed by atoms with Gasteiger partial charge in [-0.3, -0.25) is 4.79 Å². The Bertz CT molecular complexity index is 317. The minimum absolute atomic E-state index is 0.00263. The largest absolute Gasteiger partial charge is 0.352 e. The van der Waals surface area contributed by atoms with Crippen LogP contribution < -0.4 is 11.1 Å². The first-order valence-corrected chi connectivity index (χ1v) is 8.64. The maximum atomic E-state index is 11.9. The van der Waals surface area contributed by atoms with Gasteiger partial charge in [-0.1, -0.05) is 19.8 Å². The van der Waals surface area contributed by atoms with E-state index < -0.39 is 6.04 Å². The molecule has 0 aromatic rings. The van der Waals surface area contributed by atoms with Gasteiger partial charge in [0.25, 0.3) is 0 Å². The van der Waals surface area contributed by atoms with E-state index in [0.29, 0.717) is 24.0 Å². The first-order valence-electron chi connectivity index (χ1n) is 8.64. The molecule has 124 valence electrons. The fourth-order valence-electron chi connectivity index (χ4n) is 3.32. The van der Waals surface area contributed by atoms with Gasteiger partial charge in [0.1, 0.15) is 0 Å². The number of hydrogen-bond donors (Lipinski definition) is 2. The van der Waals surface area contributed by atoms with Crippen LogP contribution in [0.2, 0.25) is 0 Å². The van der Waals surface area contributed by atoms with Crippen LogP contribution in [0.3, 0.4) is 0 Å². The predicted octanol–water partition coefficient (Wildman–Crippen LogP) is 2.52. The Labute approximate surface area is 130 Å². The lowest BCUT2D eigenvalue weighted by Gasteiger charge is -2.42. The van der Waals surface area contributed by atoms with Crippen molar-refractivity contribution in [3.63, 3.8) is 0 Å². The van der Waals surface area contributed by atoms with Crippen molar-refractivity contribution in [2.45, 2.75) is 90.4 Å². The molecule has 1 amide bonds. The molecule has 0 saturated heterocycles. The second kappa shape index (κ2) is 8.74. The van der Waals surface area contributed by atoms with Gasteiger partial charge in [-0.15, -0.1) is 0 Å². The quantitative estimate of drug-likeness (QED) is 0.759. The number of carbonyl (C=O) groups is 1. The highest BCUT2D eigenvalue weighted by molar-refractivity contribution is 5.81. The van der Waals surface area contributed by atoms with E-state index in [1.807, 2.05) is 0 Å². The van der Waals surface area contributed by atoms with Crippen LogP contribution in [0, 0.1) is 5.92 Å². The molecule has 21 heavy (non-hydrogen) atoms. The standard InChI is InChI=1S/C17H35N3O/c1-6-7-8-14-11-15(20(5)12(2)3)9-10-16(14)19-17(21)13(4)18/h12-16H,6-11,18H2,1-5H3,(H,19,21)/t13?,14-,15-,16+/m1/s1. The van der Waals surface area contributed by atoms with E-state index in [9.17, 15) is 4.79 Å². The van der Waals surface area contributed by atoms with Gasteiger partial charge in [-0.25, -0.2) is 0 Å². The summed E-state index contributed by atoms with van der Waals surface area (Å²) in [6.45, 7) is 8.50. The molecule has 4 nitrogen and oxygen atoms in total. The molecule has 4 heteroatoms. The molecule has 1 fully saturated rings. The van der Waals surface area contributed by atoms with Gasteiger partial charge >= 0.3 is 0 Å². The molecule has 0 bridgehead atoms. The summed E-state index contributed by atoms with van der Waals surface area (Å²) < 4.78 is 0. The monoisotopic (exact) mass is 297 g/mol. The van der Waals surface area contributed by atoms with Crippen molar-refractivity contribution in [3.05, 3.63) is 0 Å². The second-order valence-electron chi connectivity index (χ2n) is 7.03. The Kier molecular flexibility index (Phi) is 7.67. The molecular weight excluding hydrogens is 262 g/mol. The molecular formula is C17H35N3O. The highest BCUT2D eigenvalue weighted by Crippen LogP contribution is 2.32. The Hall–Kier alpha value is -0.610. The number of rotatable bonds is 7. The molecule has 1 aliphatic carbocycles. The van der Waals surface area contributed by atoms with Gasteiger partial charge in [0.2, 0.25) is 5.91 Å². The maximum absolute atomic E-state index is 11.9. The Morgan fingerprint density at radius 1 is 1.33 bits per heavy atom. The number of hydrogen-bond acceptors (Lipinski definition) is 3. The van der Waals surface area contributed by atoms with Crippen LogP contribution in [0.25, 0.3) is 0 Å². The lowest BCUT2D eigenvalue weighted by molar-refractivity contribution is -0.123.